The normalized spacial score (nSPS) is 6.50. The summed E-state index contributed by atoms with van der Waals surface area (Å²) in [4.78, 5) is 9.47. The van der Waals surface area contributed by atoms with Crippen LogP contribution in [0.5, 0.6) is 0 Å². The number of amides is 2. The van der Waals surface area contributed by atoms with E-state index in [-0.39, 0.29) is 52.8 Å². The number of rotatable bonds is 0. The second-order valence-corrected chi connectivity index (χ2v) is 1.26. The van der Waals surface area contributed by atoms with Crippen LogP contribution in [-0.2, 0) is 10.5 Å². The van der Waals surface area contributed by atoms with Crippen LogP contribution in [0, 0.1) is 0 Å². The summed E-state index contributed by atoms with van der Waals surface area (Å²) in [7, 11) is -2.70. The first-order chi connectivity index (χ1) is 3.13. The van der Waals surface area contributed by atoms with Crippen LogP contribution in [0.25, 0.3) is 0 Å². The molecule has 0 aliphatic carbocycles. The molecule has 0 fully saturated rings. The van der Waals surface area contributed by atoms with Gasteiger partial charge in [-0.15, -0.1) is 0 Å². The van der Waals surface area contributed by atoms with E-state index in [0.717, 1.165) is 0 Å². The molecule has 0 unspecified atom stereocenters. The number of carbonyl (C=O) groups is 1. The van der Waals surface area contributed by atoms with E-state index in [1.807, 2.05) is 0 Å². The van der Waals surface area contributed by atoms with Gasteiger partial charge in [0, 0.05) is 0 Å². The van der Waals surface area contributed by atoms with Crippen molar-refractivity contribution in [3.8, 4) is 0 Å². The molecule has 0 atom stereocenters. The van der Waals surface area contributed by atoms with E-state index in [4.69, 9.17) is 0 Å². The van der Waals surface area contributed by atoms with Crippen molar-refractivity contribution in [3.63, 3.8) is 0 Å². The first kappa shape index (κ1) is 11.5. The fourth-order valence-corrected chi connectivity index (χ4v) is 0.220. The topological polar surface area (TPSA) is 89.6 Å². The molecule has 2 amide bonds. The summed E-state index contributed by atoms with van der Waals surface area (Å²) in [5, 5.41) is 0. The average Bonchev–Trinajstić information content (AvgIpc) is 1.27. The third-order valence-electron chi connectivity index (χ3n) is 0.165. The molecular formula is CH3KN2O3S. The number of nitrogens with zero attached hydrogens (tertiary/aromatic N) is 1. The zero-order valence-corrected chi connectivity index (χ0v) is 8.10. The Morgan fingerprint density at radius 1 is 1.62 bits per heavy atom. The van der Waals surface area contributed by atoms with Crippen molar-refractivity contribution in [1.82, 2.24) is 0 Å². The predicted octanol–water partition coefficient (Wildman–Crippen LogP) is -3.76. The Labute approximate surface area is 91.2 Å². The Morgan fingerprint density at radius 2 is 2.00 bits per heavy atom. The van der Waals surface area contributed by atoms with Crippen LogP contribution in [0.15, 0.2) is 4.36 Å². The van der Waals surface area contributed by atoms with Crippen molar-refractivity contribution >= 4 is 16.5 Å². The molecule has 0 spiro atoms. The van der Waals surface area contributed by atoms with Gasteiger partial charge in [-0.05, 0) is 0 Å². The second-order valence-electron chi connectivity index (χ2n) is 0.647. The van der Waals surface area contributed by atoms with Crippen molar-refractivity contribution in [3.05, 3.63) is 0 Å². The van der Waals surface area contributed by atoms with Gasteiger partial charge >= 0.3 is 67.9 Å². The monoisotopic (exact) mass is 162 g/mol. The van der Waals surface area contributed by atoms with E-state index >= 15 is 0 Å². The van der Waals surface area contributed by atoms with Crippen molar-refractivity contribution < 1.29 is 66.0 Å². The van der Waals surface area contributed by atoms with Crippen LogP contribution in [0.2, 0.25) is 0 Å². The Bertz CT molecular complexity index is 190. The summed E-state index contributed by atoms with van der Waals surface area (Å²) < 4.78 is 21.0. The third-order valence-corrected chi connectivity index (χ3v) is 0.494. The molecule has 0 saturated carbocycles. The van der Waals surface area contributed by atoms with Crippen LogP contribution >= 0.6 is 0 Å². The van der Waals surface area contributed by atoms with Gasteiger partial charge in [-0.3, -0.25) is 0 Å². The Morgan fingerprint density at radius 3 is 2.00 bits per heavy atom. The largest absolute Gasteiger partial charge is 1.00 e. The van der Waals surface area contributed by atoms with Crippen LogP contribution in [0.3, 0.4) is 0 Å². The minimum atomic E-state index is -2.70. The maximum Gasteiger partial charge on any atom is 1.00 e. The fourth-order valence-electron chi connectivity index (χ4n) is 0.0735. The molecule has 7 heteroatoms. The molecule has 0 aromatic carbocycles. The first-order valence-electron chi connectivity index (χ1n) is 1.23. The molecule has 0 aliphatic rings. The molecule has 0 saturated heterocycles. The molecule has 0 aromatic heterocycles. The first-order valence-corrected chi connectivity index (χ1v) is 2.26. The van der Waals surface area contributed by atoms with Gasteiger partial charge in [0.05, 0.1) is 0 Å². The summed E-state index contributed by atoms with van der Waals surface area (Å²) in [5.74, 6) is 0. The standard InChI is InChI=1S/CH2N2O3S.K.H/c2-1(4)3-7(5)6;;/h(H2,2,4);;/q;+1;-1. The molecule has 0 rings (SSSR count). The second kappa shape index (κ2) is 5.86. The van der Waals surface area contributed by atoms with E-state index in [9.17, 15) is 13.2 Å². The van der Waals surface area contributed by atoms with Crippen LogP contribution in [-0.4, -0.2) is 14.4 Å². The van der Waals surface area contributed by atoms with Crippen LogP contribution in [0.1, 0.15) is 1.43 Å². The van der Waals surface area contributed by atoms with Gasteiger partial charge in [0.1, 0.15) is 0 Å². The number of nitrogens with two attached hydrogens (primary N) is 1. The maximum atomic E-state index is 9.47. The van der Waals surface area contributed by atoms with Gasteiger partial charge in [-0.25, -0.2) is 4.79 Å². The zero-order chi connectivity index (χ0) is 5.86. The Hall–Kier alpha value is 0.726. The number of hydrogen-bond donors (Lipinski definition) is 1. The third kappa shape index (κ3) is 9.87. The van der Waals surface area contributed by atoms with Crippen molar-refractivity contribution in [2.24, 2.45) is 10.1 Å². The molecule has 0 aliphatic heterocycles. The molecule has 5 nitrogen and oxygen atoms in total. The summed E-state index contributed by atoms with van der Waals surface area (Å²) in [6.07, 6.45) is 0. The molecule has 42 valence electrons. The Kier molecular flexibility index (Phi) is 8.43. The van der Waals surface area contributed by atoms with Crippen molar-refractivity contribution in [2.45, 2.75) is 0 Å². The van der Waals surface area contributed by atoms with Gasteiger partial charge in [0.15, 0.2) is 0 Å². The van der Waals surface area contributed by atoms with E-state index in [0.29, 0.717) is 0 Å². The van der Waals surface area contributed by atoms with E-state index in [1.54, 1.807) is 0 Å². The minimum absolute atomic E-state index is 0. The van der Waals surface area contributed by atoms with Crippen LogP contribution in [0.4, 0.5) is 4.79 Å². The predicted molar refractivity (Wildman–Crippen MR) is 22.0 cm³/mol. The fraction of sp³-hybridized carbons (Fsp3) is 0. The summed E-state index contributed by atoms with van der Waals surface area (Å²) in [5.41, 5.74) is 4.29. The number of hydrogen-bond acceptors (Lipinski definition) is 3. The molecule has 0 aromatic rings. The molecule has 0 bridgehead atoms. The maximum absolute atomic E-state index is 9.47. The molecule has 0 heterocycles. The van der Waals surface area contributed by atoms with Gasteiger partial charge < -0.3 is 7.16 Å². The van der Waals surface area contributed by atoms with Gasteiger partial charge in [0.2, 0.25) is 0 Å². The van der Waals surface area contributed by atoms with E-state index < -0.39 is 16.5 Å². The van der Waals surface area contributed by atoms with Gasteiger partial charge in [-0.1, -0.05) is 4.36 Å². The molecule has 0 radical (unpaired) electrons. The number of carbonyl (C=O) groups excluding carboxylic acids is 1. The smallest absolute Gasteiger partial charge is 1.00 e. The summed E-state index contributed by atoms with van der Waals surface area (Å²) in [6.45, 7) is 0. The van der Waals surface area contributed by atoms with Gasteiger partial charge in [0.25, 0.3) is 0 Å². The SMILES string of the molecule is NC(=O)N=S(=O)=O.[H-].[K+]. The minimum Gasteiger partial charge on any atom is -1.00 e. The van der Waals surface area contributed by atoms with E-state index in [2.05, 4.69) is 10.1 Å². The molecule has 2 N–H and O–H groups in total. The van der Waals surface area contributed by atoms with E-state index in [1.165, 1.54) is 0 Å². The average molecular weight is 162 g/mol. The van der Waals surface area contributed by atoms with Gasteiger partial charge in [-0.2, -0.15) is 8.42 Å². The molecular weight excluding hydrogens is 159 g/mol. The number of urea groups is 1. The van der Waals surface area contributed by atoms with Crippen molar-refractivity contribution in [1.29, 1.82) is 0 Å². The summed E-state index contributed by atoms with van der Waals surface area (Å²) >= 11 is 0. The Balaban J connectivity index is -0.000000180. The quantitative estimate of drug-likeness (QED) is 0.371. The zero-order valence-electron chi connectivity index (χ0n) is 5.16. The summed E-state index contributed by atoms with van der Waals surface area (Å²) in [6, 6.07) is -1.20. The number of primary amides is 1. The van der Waals surface area contributed by atoms with Crippen LogP contribution < -0.4 is 57.1 Å². The van der Waals surface area contributed by atoms with Crippen molar-refractivity contribution in [2.75, 3.05) is 0 Å². The molecule has 8 heavy (non-hydrogen) atoms.